The molecule has 0 radical (unpaired) electrons. The van der Waals surface area contributed by atoms with Crippen molar-refractivity contribution >= 4 is 17.3 Å². The molecule has 80 valence electrons. The summed E-state index contributed by atoms with van der Waals surface area (Å²) in [6, 6.07) is 2.03. The lowest BCUT2D eigenvalue weighted by molar-refractivity contribution is -0.383. The summed E-state index contributed by atoms with van der Waals surface area (Å²) in [5.41, 5.74) is 4.10. The van der Waals surface area contributed by atoms with Gasteiger partial charge in [-0.3, -0.25) is 10.1 Å². The second-order valence-corrected chi connectivity index (χ2v) is 2.64. The van der Waals surface area contributed by atoms with Crippen LogP contribution in [0.25, 0.3) is 0 Å². The number of nitrogens with zero attached hydrogens (tertiary/aromatic N) is 1. The fourth-order valence-corrected chi connectivity index (χ4v) is 1.07. The molecule has 7 nitrogen and oxygen atoms in total. The Hall–Kier alpha value is -2.31. The molecule has 0 saturated carbocycles. The normalized spacial score (nSPS) is 9.67. The van der Waals surface area contributed by atoms with Crippen molar-refractivity contribution in [3.8, 4) is 5.75 Å². The molecule has 0 aromatic heterocycles. The van der Waals surface area contributed by atoms with E-state index in [0.29, 0.717) is 0 Å². The van der Waals surface area contributed by atoms with Crippen LogP contribution in [-0.4, -0.2) is 23.1 Å². The number of phenolic OH excluding ortho intramolecular Hbond substituents is 1. The van der Waals surface area contributed by atoms with Gasteiger partial charge in [0, 0.05) is 6.07 Å². The first-order chi connectivity index (χ1) is 6.99. The van der Waals surface area contributed by atoms with Gasteiger partial charge in [0.25, 0.3) is 5.69 Å². The molecule has 15 heavy (non-hydrogen) atoms. The highest BCUT2D eigenvalue weighted by Crippen LogP contribution is 2.32. The molecule has 0 spiro atoms. The Morgan fingerprint density at radius 2 is 2.20 bits per heavy atom. The van der Waals surface area contributed by atoms with Crippen LogP contribution >= 0.6 is 0 Å². The first-order valence-corrected chi connectivity index (χ1v) is 3.83. The zero-order valence-electron chi connectivity index (χ0n) is 7.76. The molecule has 0 unspecified atom stereocenters. The Balaban J connectivity index is 3.43. The van der Waals surface area contributed by atoms with Crippen LogP contribution in [0.5, 0.6) is 5.75 Å². The van der Waals surface area contributed by atoms with Crippen molar-refractivity contribution < 1.29 is 19.6 Å². The maximum absolute atomic E-state index is 11.1. The number of ether oxygens (including phenoxy) is 1. The van der Waals surface area contributed by atoms with E-state index in [1.807, 2.05) is 0 Å². The quantitative estimate of drug-likeness (QED) is 0.322. The molecule has 0 amide bonds. The van der Waals surface area contributed by atoms with Gasteiger partial charge in [-0.05, 0) is 6.07 Å². The van der Waals surface area contributed by atoms with Crippen molar-refractivity contribution in [2.45, 2.75) is 0 Å². The summed E-state index contributed by atoms with van der Waals surface area (Å²) < 4.78 is 4.33. The lowest BCUT2D eigenvalue weighted by atomic mass is 10.1. The predicted molar refractivity (Wildman–Crippen MR) is 50.5 cm³/mol. The molecule has 0 aliphatic rings. The SMILES string of the molecule is COC(=O)c1c(O)ccc([N+](=O)[O-])c1N. The Morgan fingerprint density at radius 1 is 1.60 bits per heavy atom. The number of phenols is 1. The number of benzene rings is 1. The van der Waals surface area contributed by atoms with Crippen molar-refractivity contribution in [3.63, 3.8) is 0 Å². The Kier molecular flexibility index (Phi) is 2.75. The van der Waals surface area contributed by atoms with Crippen molar-refractivity contribution in [3.05, 3.63) is 27.8 Å². The number of nitro groups is 1. The monoisotopic (exact) mass is 212 g/mol. The zero-order valence-corrected chi connectivity index (χ0v) is 7.76. The number of carbonyl (C=O) groups is 1. The summed E-state index contributed by atoms with van der Waals surface area (Å²) in [5, 5.41) is 19.8. The van der Waals surface area contributed by atoms with E-state index < -0.39 is 33.6 Å². The number of carbonyl (C=O) groups excluding carboxylic acids is 1. The zero-order chi connectivity index (χ0) is 11.6. The molecule has 7 heteroatoms. The average Bonchev–Trinajstić information content (AvgIpc) is 2.16. The van der Waals surface area contributed by atoms with Crippen LogP contribution < -0.4 is 5.73 Å². The molecule has 3 N–H and O–H groups in total. The summed E-state index contributed by atoms with van der Waals surface area (Å²) in [7, 11) is 1.08. The molecule has 0 bridgehead atoms. The Morgan fingerprint density at radius 3 is 2.67 bits per heavy atom. The van der Waals surface area contributed by atoms with Crippen LogP contribution in [0.2, 0.25) is 0 Å². The minimum absolute atomic E-state index is 0.397. The number of aromatic hydroxyl groups is 1. The second-order valence-electron chi connectivity index (χ2n) is 2.64. The largest absolute Gasteiger partial charge is 0.507 e. The van der Waals surface area contributed by atoms with Crippen molar-refractivity contribution in [2.75, 3.05) is 12.8 Å². The van der Waals surface area contributed by atoms with Gasteiger partial charge in [-0.25, -0.2) is 4.79 Å². The molecule has 0 heterocycles. The molecule has 1 rings (SSSR count). The molecule has 1 aromatic carbocycles. The number of nitrogen functional groups attached to an aromatic ring is 1. The summed E-state index contributed by atoms with van der Waals surface area (Å²) in [4.78, 5) is 20.9. The highest BCUT2D eigenvalue weighted by Gasteiger charge is 2.23. The van der Waals surface area contributed by atoms with Crippen LogP contribution in [0.4, 0.5) is 11.4 Å². The van der Waals surface area contributed by atoms with Gasteiger partial charge in [0.1, 0.15) is 17.0 Å². The van der Waals surface area contributed by atoms with Gasteiger partial charge in [-0.15, -0.1) is 0 Å². The Bertz CT molecular complexity index is 429. The topological polar surface area (TPSA) is 116 Å². The third kappa shape index (κ3) is 1.80. The number of nitrogens with two attached hydrogens (primary N) is 1. The van der Waals surface area contributed by atoms with E-state index in [0.717, 1.165) is 19.2 Å². The highest BCUT2D eigenvalue weighted by molar-refractivity contribution is 6.00. The summed E-state index contributed by atoms with van der Waals surface area (Å²) in [6.45, 7) is 0. The molecular weight excluding hydrogens is 204 g/mol. The standard InChI is InChI=1S/C8H8N2O5/c1-15-8(12)6-5(11)3-2-4(7(6)9)10(13)14/h2-3,11H,9H2,1H3. The van der Waals surface area contributed by atoms with Gasteiger partial charge in [-0.2, -0.15) is 0 Å². The van der Waals surface area contributed by atoms with Crippen LogP contribution in [0.1, 0.15) is 10.4 Å². The van der Waals surface area contributed by atoms with Gasteiger partial charge in [-0.1, -0.05) is 0 Å². The minimum Gasteiger partial charge on any atom is -0.507 e. The third-order valence-corrected chi connectivity index (χ3v) is 1.79. The van der Waals surface area contributed by atoms with Crippen LogP contribution in [0.3, 0.4) is 0 Å². The first kappa shape index (κ1) is 10.8. The summed E-state index contributed by atoms with van der Waals surface area (Å²) in [5.74, 6) is -1.38. The fraction of sp³-hybridized carbons (Fsp3) is 0.125. The molecule has 0 aliphatic carbocycles. The highest BCUT2D eigenvalue weighted by atomic mass is 16.6. The first-order valence-electron chi connectivity index (χ1n) is 3.83. The molecule has 0 atom stereocenters. The van der Waals surface area contributed by atoms with E-state index in [1.165, 1.54) is 0 Å². The lowest BCUT2D eigenvalue weighted by Gasteiger charge is -2.05. The van der Waals surface area contributed by atoms with E-state index in [4.69, 9.17) is 5.73 Å². The van der Waals surface area contributed by atoms with E-state index >= 15 is 0 Å². The number of methoxy groups -OCH3 is 1. The second kappa shape index (κ2) is 3.82. The number of anilines is 1. The molecular formula is C8H8N2O5. The van der Waals surface area contributed by atoms with Crippen molar-refractivity contribution in [1.29, 1.82) is 0 Å². The lowest BCUT2D eigenvalue weighted by Crippen LogP contribution is -2.08. The van der Waals surface area contributed by atoms with E-state index in [1.54, 1.807) is 0 Å². The number of rotatable bonds is 2. The van der Waals surface area contributed by atoms with Crippen LogP contribution in [0.15, 0.2) is 12.1 Å². The van der Waals surface area contributed by atoms with E-state index in [9.17, 15) is 20.0 Å². The Labute approximate surface area is 84.2 Å². The van der Waals surface area contributed by atoms with Gasteiger partial charge in [0.05, 0.1) is 12.0 Å². The van der Waals surface area contributed by atoms with Crippen molar-refractivity contribution in [2.24, 2.45) is 0 Å². The average molecular weight is 212 g/mol. The maximum atomic E-state index is 11.1. The van der Waals surface area contributed by atoms with E-state index in [-0.39, 0.29) is 0 Å². The maximum Gasteiger partial charge on any atom is 0.344 e. The predicted octanol–water partition coefficient (Wildman–Crippen LogP) is 0.669. The van der Waals surface area contributed by atoms with Gasteiger partial charge in [0.15, 0.2) is 0 Å². The number of esters is 1. The summed E-state index contributed by atoms with van der Waals surface area (Å²) >= 11 is 0. The number of hydrogen-bond donors (Lipinski definition) is 2. The smallest absolute Gasteiger partial charge is 0.344 e. The number of hydrogen-bond acceptors (Lipinski definition) is 6. The molecule has 0 saturated heterocycles. The summed E-state index contributed by atoms with van der Waals surface area (Å²) in [6.07, 6.45) is 0. The molecule has 0 fully saturated rings. The van der Waals surface area contributed by atoms with E-state index in [2.05, 4.69) is 4.74 Å². The molecule has 1 aromatic rings. The van der Waals surface area contributed by atoms with Gasteiger partial charge < -0.3 is 15.6 Å². The third-order valence-electron chi connectivity index (χ3n) is 1.79. The fourth-order valence-electron chi connectivity index (χ4n) is 1.07. The van der Waals surface area contributed by atoms with Gasteiger partial charge in [0.2, 0.25) is 0 Å². The molecule has 0 aliphatic heterocycles. The van der Waals surface area contributed by atoms with Crippen LogP contribution in [0, 0.1) is 10.1 Å². The van der Waals surface area contributed by atoms with Crippen molar-refractivity contribution in [1.82, 2.24) is 0 Å². The minimum atomic E-state index is -0.923. The van der Waals surface area contributed by atoms with Crippen LogP contribution in [-0.2, 0) is 4.74 Å². The number of nitro benzene ring substituents is 1. The van der Waals surface area contributed by atoms with Gasteiger partial charge >= 0.3 is 5.97 Å².